The number of aryl methyl sites for hydroxylation is 1. The minimum Gasteiger partial charge on any atom is -0.494 e. The smallest absolute Gasteiger partial charge is 0.159 e. The van der Waals surface area contributed by atoms with Crippen LogP contribution in [0.15, 0.2) is 36.7 Å². The Morgan fingerprint density at radius 1 is 0.632 bits per heavy atom. The second-order valence-corrected chi connectivity index (χ2v) is 11.9. The highest BCUT2D eigenvalue weighted by atomic mass is 16.5. The predicted octanol–water partition coefficient (Wildman–Crippen LogP) is 10.8. The van der Waals surface area contributed by atoms with Crippen molar-refractivity contribution in [3.63, 3.8) is 0 Å². The summed E-state index contributed by atoms with van der Waals surface area (Å²) in [5.74, 6) is 3.68. The van der Waals surface area contributed by atoms with Crippen LogP contribution in [0.4, 0.5) is 0 Å². The van der Waals surface area contributed by atoms with Gasteiger partial charge in [0.25, 0.3) is 0 Å². The van der Waals surface area contributed by atoms with E-state index in [2.05, 4.69) is 48.1 Å². The van der Waals surface area contributed by atoms with Crippen LogP contribution in [0.1, 0.15) is 141 Å². The Morgan fingerprint density at radius 3 is 1.76 bits per heavy atom. The first kappa shape index (κ1) is 30.6. The van der Waals surface area contributed by atoms with Crippen LogP contribution >= 0.6 is 0 Å². The molecule has 3 heteroatoms. The lowest BCUT2D eigenvalue weighted by molar-refractivity contribution is 0.228. The Morgan fingerprint density at radius 2 is 1.16 bits per heavy atom. The van der Waals surface area contributed by atoms with Crippen LogP contribution < -0.4 is 4.74 Å². The third kappa shape index (κ3) is 12.3. The maximum Gasteiger partial charge on any atom is 0.159 e. The highest BCUT2D eigenvalue weighted by Crippen LogP contribution is 2.34. The van der Waals surface area contributed by atoms with Gasteiger partial charge in [0.1, 0.15) is 5.75 Å². The van der Waals surface area contributed by atoms with Gasteiger partial charge in [0.15, 0.2) is 5.82 Å². The lowest BCUT2D eigenvalue weighted by atomic mass is 9.78. The molecule has 1 aliphatic carbocycles. The van der Waals surface area contributed by atoms with Gasteiger partial charge in [-0.05, 0) is 67.3 Å². The van der Waals surface area contributed by atoms with Crippen molar-refractivity contribution in [3.05, 3.63) is 42.2 Å². The van der Waals surface area contributed by atoms with Gasteiger partial charge >= 0.3 is 0 Å². The summed E-state index contributed by atoms with van der Waals surface area (Å²) < 4.78 is 6.06. The summed E-state index contributed by atoms with van der Waals surface area (Å²) in [6.45, 7) is 5.39. The van der Waals surface area contributed by atoms with Gasteiger partial charge in [0.2, 0.25) is 0 Å². The second kappa shape index (κ2) is 19.2. The number of benzene rings is 1. The normalized spacial score (nSPS) is 17.5. The van der Waals surface area contributed by atoms with E-state index in [1.54, 1.807) is 0 Å². The zero-order valence-corrected chi connectivity index (χ0v) is 24.8. The summed E-state index contributed by atoms with van der Waals surface area (Å²) in [5, 5.41) is 0. The number of unbranched alkanes of at least 4 members (excludes halogenated alkanes) is 10. The van der Waals surface area contributed by atoms with Gasteiger partial charge in [-0.15, -0.1) is 0 Å². The van der Waals surface area contributed by atoms with Gasteiger partial charge in [-0.3, -0.25) is 0 Å². The molecule has 0 amide bonds. The number of ether oxygens (including phenoxy) is 1. The minimum atomic E-state index is 0.801. The van der Waals surface area contributed by atoms with Crippen molar-refractivity contribution in [1.82, 2.24) is 9.97 Å². The van der Waals surface area contributed by atoms with Crippen molar-refractivity contribution in [2.75, 3.05) is 6.61 Å². The summed E-state index contributed by atoms with van der Waals surface area (Å²) >= 11 is 0. The Kier molecular flexibility index (Phi) is 15.5. The van der Waals surface area contributed by atoms with E-state index in [0.29, 0.717) is 0 Å². The van der Waals surface area contributed by atoms with Crippen LogP contribution in [0.25, 0.3) is 11.4 Å². The fraction of sp³-hybridized carbons (Fsp3) is 0.714. The van der Waals surface area contributed by atoms with Crippen LogP contribution in [-0.2, 0) is 6.42 Å². The van der Waals surface area contributed by atoms with Gasteiger partial charge in [-0.25, -0.2) is 9.97 Å². The zero-order valence-electron chi connectivity index (χ0n) is 24.8. The number of hydrogen-bond donors (Lipinski definition) is 0. The number of nitrogens with zero attached hydrogens (tertiary/aromatic N) is 2. The van der Waals surface area contributed by atoms with Gasteiger partial charge < -0.3 is 4.74 Å². The molecule has 0 saturated heterocycles. The second-order valence-electron chi connectivity index (χ2n) is 11.9. The van der Waals surface area contributed by atoms with Gasteiger partial charge in [0, 0.05) is 18.0 Å². The standard InChI is InChI=1S/C35H56N2O/c1-3-5-7-9-11-13-16-30-19-21-31(22-20-30)18-15-27-38-34-25-23-33(24-26-34)35-36-28-32(29-37-35)17-14-12-10-8-6-4-2/h23-26,28-31H,3-22,27H2,1-2H3. The highest BCUT2D eigenvalue weighted by Gasteiger charge is 2.20. The van der Waals surface area contributed by atoms with E-state index in [1.807, 2.05) is 12.4 Å². The van der Waals surface area contributed by atoms with Crippen LogP contribution in [0.2, 0.25) is 0 Å². The molecule has 0 N–H and O–H groups in total. The molecule has 0 spiro atoms. The Balaban J connectivity index is 1.25. The molecule has 0 aliphatic heterocycles. The van der Waals surface area contributed by atoms with Gasteiger partial charge in [-0.2, -0.15) is 0 Å². The van der Waals surface area contributed by atoms with E-state index in [4.69, 9.17) is 4.74 Å². The molecule has 212 valence electrons. The summed E-state index contributed by atoms with van der Waals surface area (Å²) in [6.07, 6.45) is 31.4. The maximum absolute atomic E-state index is 6.06. The average Bonchev–Trinajstić information content (AvgIpc) is 2.96. The van der Waals surface area contributed by atoms with Gasteiger partial charge in [-0.1, -0.05) is 117 Å². The van der Waals surface area contributed by atoms with Crippen LogP contribution in [0.3, 0.4) is 0 Å². The van der Waals surface area contributed by atoms with Crippen LogP contribution in [-0.4, -0.2) is 16.6 Å². The summed E-state index contributed by atoms with van der Waals surface area (Å²) in [5.41, 5.74) is 2.30. The third-order valence-electron chi connectivity index (χ3n) is 8.59. The van der Waals surface area contributed by atoms with Crippen molar-refractivity contribution in [2.45, 2.75) is 142 Å². The first-order chi connectivity index (χ1) is 18.8. The maximum atomic E-state index is 6.06. The average molecular weight is 521 g/mol. The van der Waals surface area contributed by atoms with E-state index in [-0.39, 0.29) is 0 Å². The molecule has 1 aromatic heterocycles. The fourth-order valence-electron chi connectivity index (χ4n) is 6.03. The zero-order chi connectivity index (χ0) is 26.7. The number of hydrogen-bond acceptors (Lipinski definition) is 3. The van der Waals surface area contributed by atoms with Crippen molar-refractivity contribution >= 4 is 0 Å². The molecule has 0 radical (unpaired) electrons. The van der Waals surface area contributed by atoms with Crippen molar-refractivity contribution < 1.29 is 4.74 Å². The Labute approximate surface area is 234 Å². The molecule has 1 aliphatic rings. The van der Waals surface area contributed by atoms with Crippen molar-refractivity contribution in [3.8, 4) is 17.1 Å². The fourth-order valence-corrected chi connectivity index (χ4v) is 6.03. The van der Waals surface area contributed by atoms with Gasteiger partial charge in [0.05, 0.1) is 6.61 Å². The molecule has 3 rings (SSSR count). The Hall–Kier alpha value is -1.90. The summed E-state index contributed by atoms with van der Waals surface area (Å²) in [4.78, 5) is 9.24. The molecule has 1 saturated carbocycles. The third-order valence-corrected chi connectivity index (χ3v) is 8.59. The summed E-state index contributed by atoms with van der Waals surface area (Å²) in [6, 6.07) is 8.30. The molecular formula is C35H56N2O. The van der Waals surface area contributed by atoms with E-state index in [9.17, 15) is 0 Å². The number of aromatic nitrogens is 2. The molecule has 1 heterocycles. The quantitative estimate of drug-likeness (QED) is 0.163. The topological polar surface area (TPSA) is 35.0 Å². The molecular weight excluding hydrogens is 464 g/mol. The molecule has 1 fully saturated rings. The number of rotatable bonds is 20. The minimum absolute atomic E-state index is 0.801. The molecule has 38 heavy (non-hydrogen) atoms. The molecule has 3 nitrogen and oxygen atoms in total. The predicted molar refractivity (Wildman–Crippen MR) is 163 cm³/mol. The molecule has 0 atom stereocenters. The molecule has 0 unspecified atom stereocenters. The lowest BCUT2D eigenvalue weighted by Crippen LogP contribution is -2.15. The molecule has 0 bridgehead atoms. The van der Waals surface area contributed by atoms with Crippen molar-refractivity contribution in [2.24, 2.45) is 11.8 Å². The lowest BCUT2D eigenvalue weighted by Gasteiger charge is -2.28. The molecule has 2 aromatic rings. The highest BCUT2D eigenvalue weighted by molar-refractivity contribution is 5.55. The van der Waals surface area contributed by atoms with E-state index in [0.717, 1.165) is 48.4 Å². The van der Waals surface area contributed by atoms with Crippen LogP contribution in [0.5, 0.6) is 5.75 Å². The largest absolute Gasteiger partial charge is 0.494 e. The van der Waals surface area contributed by atoms with Crippen molar-refractivity contribution in [1.29, 1.82) is 0 Å². The monoisotopic (exact) mass is 520 g/mol. The van der Waals surface area contributed by atoms with Crippen LogP contribution in [0, 0.1) is 11.8 Å². The van der Waals surface area contributed by atoms with E-state index in [1.165, 1.54) is 121 Å². The van der Waals surface area contributed by atoms with E-state index >= 15 is 0 Å². The molecule has 1 aromatic carbocycles. The first-order valence-electron chi connectivity index (χ1n) is 16.3. The Bertz CT molecular complexity index is 824. The first-order valence-corrected chi connectivity index (χ1v) is 16.3. The SMILES string of the molecule is CCCCCCCCc1cnc(-c2ccc(OCCCC3CCC(CCCCCCCC)CC3)cc2)nc1. The van der Waals surface area contributed by atoms with E-state index < -0.39 is 0 Å². The summed E-state index contributed by atoms with van der Waals surface area (Å²) in [7, 11) is 0.